The summed E-state index contributed by atoms with van der Waals surface area (Å²) >= 11 is 0.0605. The molecule has 2 aliphatic rings. The van der Waals surface area contributed by atoms with Crippen LogP contribution in [0.4, 0.5) is 30.2 Å². The molecule has 0 fully saturated rings. The number of fused-ring (bicyclic) bond motifs is 1. The Hall–Kier alpha value is -1.88. The van der Waals surface area contributed by atoms with Gasteiger partial charge in [0.15, 0.2) is 0 Å². The van der Waals surface area contributed by atoms with E-state index in [-0.39, 0.29) is 23.1 Å². The Bertz CT molecular complexity index is 1170. The number of nitrogens with zero attached hydrogens (tertiary/aromatic N) is 4. The number of anilines is 2. The Kier molecular flexibility index (Phi) is 10.0. The molecular formula is C21H26F3IN5O4S2-. The molecule has 1 aromatic carbocycles. The predicted octanol–water partition coefficient (Wildman–Crippen LogP) is 2.49. The van der Waals surface area contributed by atoms with Crippen molar-refractivity contribution in [3.8, 4) is 0 Å². The maximum absolute atomic E-state index is 13.1. The number of alkyl halides is 3. The summed E-state index contributed by atoms with van der Waals surface area (Å²) in [7, 11) is -5.68. The van der Waals surface area contributed by atoms with Gasteiger partial charge in [0.2, 0.25) is 0 Å². The fourth-order valence-corrected chi connectivity index (χ4v) is 6.78. The van der Waals surface area contributed by atoms with Gasteiger partial charge in [-0.2, -0.15) is 0 Å². The summed E-state index contributed by atoms with van der Waals surface area (Å²) in [6.45, 7) is 5.40. The van der Waals surface area contributed by atoms with E-state index in [0.717, 1.165) is 49.6 Å². The van der Waals surface area contributed by atoms with Crippen molar-refractivity contribution < 1.29 is 52.6 Å². The van der Waals surface area contributed by atoms with E-state index in [4.69, 9.17) is 4.74 Å². The van der Waals surface area contributed by atoms with Gasteiger partial charge in [0.05, 0.1) is 0 Å². The van der Waals surface area contributed by atoms with Crippen molar-refractivity contribution in [2.45, 2.75) is 51.5 Å². The second-order valence-electron chi connectivity index (χ2n) is 7.81. The van der Waals surface area contributed by atoms with Gasteiger partial charge >= 0.3 is 210 Å². The first kappa shape index (κ1) is 28.7. The molecule has 200 valence electrons. The number of hydrogen-bond donors (Lipinski definition) is 1. The molecule has 0 saturated carbocycles. The summed E-state index contributed by atoms with van der Waals surface area (Å²) in [6, 6.07) is 2.95. The first-order chi connectivity index (χ1) is 17.1. The van der Waals surface area contributed by atoms with Crippen molar-refractivity contribution in [1.29, 1.82) is 0 Å². The quantitative estimate of drug-likeness (QED) is 0.189. The third-order valence-electron chi connectivity index (χ3n) is 5.18. The molecule has 1 aromatic rings. The molecule has 1 N–H and O–H groups in total. The third-order valence-corrected chi connectivity index (χ3v) is 9.53. The van der Waals surface area contributed by atoms with Crippen LogP contribution in [-0.4, -0.2) is 44.8 Å². The number of ether oxygens (including phenoxy) is 1. The molecule has 0 amide bonds. The first-order valence-corrected chi connectivity index (χ1v) is 15.7. The van der Waals surface area contributed by atoms with E-state index >= 15 is 0 Å². The van der Waals surface area contributed by atoms with Crippen LogP contribution in [0.15, 0.2) is 34.6 Å². The molecule has 3 rings (SSSR count). The molecule has 0 aromatic heterocycles. The van der Waals surface area contributed by atoms with E-state index < -0.39 is 43.0 Å². The maximum atomic E-state index is 13.1. The number of sulfonamides is 1. The van der Waals surface area contributed by atoms with Crippen LogP contribution in [-0.2, 0) is 26.0 Å². The fourth-order valence-electron chi connectivity index (χ4n) is 3.52. The van der Waals surface area contributed by atoms with Crippen LogP contribution in [0.25, 0.3) is 0 Å². The average molecular weight is 661 g/mol. The van der Waals surface area contributed by atoms with Crippen molar-refractivity contribution in [3.63, 3.8) is 0 Å². The van der Waals surface area contributed by atoms with Gasteiger partial charge in [0, 0.05) is 0 Å². The molecule has 0 radical (unpaired) electrons. The zero-order valence-electron chi connectivity index (χ0n) is 19.6. The molecule has 36 heavy (non-hydrogen) atoms. The molecule has 2 aliphatic heterocycles. The van der Waals surface area contributed by atoms with Crippen LogP contribution in [0.5, 0.6) is 0 Å². The third kappa shape index (κ3) is 7.34. The van der Waals surface area contributed by atoms with Crippen LogP contribution in [0, 0.1) is 0 Å². The summed E-state index contributed by atoms with van der Waals surface area (Å²) in [5, 5.41) is 8.21. The SMILES string of the molecule is CCCCCN1CCCc2cc(N=NC3=N[I-]C=C(C(=O)OCC)S3)c(NS(=O)(=O)C(F)(F)F)cc21. The number of esters is 1. The topological polar surface area (TPSA) is 113 Å². The van der Waals surface area contributed by atoms with E-state index in [0.29, 0.717) is 23.6 Å². The molecule has 15 heteroatoms. The summed E-state index contributed by atoms with van der Waals surface area (Å²) in [4.78, 5) is 14.4. The Morgan fingerprint density at radius 1 is 1.28 bits per heavy atom. The Labute approximate surface area is 222 Å². The minimum absolute atomic E-state index is 0.0641. The predicted molar refractivity (Wildman–Crippen MR) is 129 cm³/mol. The summed E-state index contributed by atoms with van der Waals surface area (Å²) in [6.07, 6.45) is 4.47. The van der Waals surface area contributed by atoms with E-state index in [1.54, 1.807) is 21.8 Å². The Morgan fingerprint density at radius 2 is 2.06 bits per heavy atom. The van der Waals surface area contributed by atoms with Crippen LogP contribution >= 0.6 is 11.8 Å². The number of unbranched alkanes of at least 4 members (excludes halogenated alkanes) is 2. The van der Waals surface area contributed by atoms with Gasteiger partial charge in [-0.1, -0.05) is 13.3 Å². The van der Waals surface area contributed by atoms with Gasteiger partial charge in [0.25, 0.3) is 0 Å². The van der Waals surface area contributed by atoms with Gasteiger partial charge in [-0.15, -0.1) is 0 Å². The molecule has 2 heterocycles. The van der Waals surface area contributed by atoms with Crippen molar-refractivity contribution in [3.05, 3.63) is 26.7 Å². The number of aryl methyl sites for hydroxylation is 1. The zero-order valence-corrected chi connectivity index (χ0v) is 23.4. The van der Waals surface area contributed by atoms with E-state index in [2.05, 4.69) is 25.3 Å². The first-order valence-electron chi connectivity index (χ1n) is 11.2. The van der Waals surface area contributed by atoms with Crippen molar-refractivity contribution in [2.75, 3.05) is 29.3 Å². The number of amidine groups is 1. The molecule has 0 bridgehead atoms. The summed E-state index contributed by atoms with van der Waals surface area (Å²) in [5.74, 6) is -0.514. The number of thioether (sulfide) groups is 1. The van der Waals surface area contributed by atoms with Crippen LogP contribution in [0.2, 0.25) is 0 Å². The molecule has 0 aliphatic carbocycles. The van der Waals surface area contributed by atoms with Gasteiger partial charge in [-0.25, -0.2) is 0 Å². The van der Waals surface area contributed by atoms with Gasteiger partial charge < -0.3 is 0 Å². The number of carbonyl (C=O) groups is 1. The number of hydrogen-bond acceptors (Lipinski definition) is 9. The van der Waals surface area contributed by atoms with Crippen LogP contribution < -0.4 is 31.1 Å². The normalized spacial score (nSPS) is 16.6. The number of carbonyl (C=O) groups excluding carboxylic acids is 1. The molecule has 0 unspecified atom stereocenters. The summed E-state index contributed by atoms with van der Waals surface area (Å²) < 4.78 is 75.8. The molecular weight excluding hydrogens is 634 g/mol. The van der Waals surface area contributed by atoms with E-state index in [1.165, 1.54) is 6.07 Å². The second kappa shape index (κ2) is 12.6. The van der Waals surface area contributed by atoms with E-state index in [1.807, 2.05) is 0 Å². The van der Waals surface area contributed by atoms with Gasteiger partial charge in [0.1, 0.15) is 0 Å². The number of nitrogens with one attached hydrogen (secondary N) is 1. The summed E-state index contributed by atoms with van der Waals surface area (Å²) in [5.41, 5.74) is -4.36. The van der Waals surface area contributed by atoms with E-state index in [9.17, 15) is 26.4 Å². The van der Waals surface area contributed by atoms with Gasteiger partial charge in [-0.05, 0) is 0 Å². The number of azo groups is 1. The number of halogens is 4. The van der Waals surface area contributed by atoms with Crippen molar-refractivity contribution in [1.82, 2.24) is 0 Å². The van der Waals surface area contributed by atoms with Gasteiger partial charge in [-0.3, -0.25) is 0 Å². The Balaban J connectivity index is 1.94. The van der Waals surface area contributed by atoms with Crippen molar-refractivity contribution in [2.24, 2.45) is 13.4 Å². The zero-order chi connectivity index (χ0) is 26.3. The molecule has 0 spiro atoms. The fraction of sp³-hybridized carbons (Fsp3) is 0.524. The Morgan fingerprint density at radius 3 is 2.75 bits per heavy atom. The van der Waals surface area contributed by atoms with Crippen LogP contribution in [0.1, 0.15) is 45.1 Å². The second-order valence-corrected chi connectivity index (χ2v) is 12.2. The molecule has 0 atom stereocenters. The number of rotatable bonds is 9. The van der Waals surface area contributed by atoms with Crippen molar-refractivity contribution >= 4 is 50.0 Å². The number of benzene rings is 1. The minimum atomic E-state index is -5.68. The molecule has 9 nitrogen and oxygen atoms in total. The standard InChI is InChI=1S/C21H26F3IN5O4S2/c1-3-5-6-9-30-10-7-8-14-11-15(16(12-17(14)30)29-36(32,33)21(22,23)24)27-28-20-26-25-13-18(35-20)19(31)34-4-2/h11-13,29H,3-10H2,1-2H3/q-1. The molecule has 0 saturated heterocycles. The van der Waals surface area contributed by atoms with Crippen LogP contribution in [0.3, 0.4) is 0 Å². The monoisotopic (exact) mass is 660 g/mol. The average Bonchev–Trinajstić information content (AvgIpc) is 2.82.